The summed E-state index contributed by atoms with van der Waals surface area (Å²) in [5.74, 6) is -0.321. The molecule has 71 heavy (non-hydrogen) atoms. The number of rotatable bonds is 6. The van der Waals surface area contributed by atoms with Crippen molar-refractivity contribution in [1.29, 1.82) is 0 Å². The molecule has 6 aromatic heterocycles. The van der Waals surface area contributed by atoms with Gasteiger partial charge in [0.25, 0.3) is 0 Å². The van der Waals surface area contributed by atoms with E-state index in [9.17, 15) is 24.0 Å². The van der Waals surface area contributed by atoms with Crippen molar-refractivity contribution in [2.45, 2.75) is 26.9 Å². The first-order valence-electron chi connectivity index (χ1n) is 22.2. The van der Waals surface area contributed by atoms with Crippen LogP contribution in [0.25, 0.3) is 43.6 Å². The lowest BCUT2D eigenvalue weighted by Gasteiger charge is -2.13. The predicted molar refractivity (Wildman–Crippen MR) is 302 cm³/mol. The summed E-state index contributed by atoms with van der Waals surface area (Å²) in [5.41, 5.74) is 7.82. The molecule has 11 aromatic rings. The molecule has 0 aliphatic carbocycles. The van der Waals surface area contributed by atoms with Gasteiger partial charge in [0.1, 0.15) is 0 Å². The first-order valence-corrected chi connectivity index (χ1v) is 24.8. The molecule has 0 spiro atoms. The second-order valence-electron chi connectivity index (χ2n) is 16.2. The van der Waals surface area contributed by atoms with Crippen molar-refractivity contribution in [1.82, 2.24) is 29.1 Å². The van der Waals surface area contributed by atoms with E-state index in [0.29, 0.717) is 29.1 Å². The molecule has 0 amide bonds. The Labute approximate surface area is 439 Å². The van der Waals surface area contributed by atoms with Crippen molar-refractivity contribution in [3.8, 4) is 0 Å². The highest BCUT2D eigenvalue weighted by molar-refractivity contribution is 14.1. The van der Waals surface area contributed by atoms with Gasteiger partial charge in [-0.15, -0.1) is 0 Å². The minimum absolute atomic E-state index is 0.0688. The fraction of sp³-hybridized carbons (Fsp3) is 0.0702. The van der Waals surface area contributed by atoms with E-state index in [1.165, 1.54) is 6.07 Å². The third-order valence-corrected chi connectivity index (χ3v) is 13.1. The lowest BCUT2D eigenvalue weighted by Crippen LogP contribution is -2.20. The van der Waals surface area contributed by atoms with Gasteiger partial charge in [0.05, 0.1) is 48.2 Å². The fourth-order valence-corrected chi connectivity index (χ4v) is 9.02. The molecule has 0 saturated heterocycles. The lowest BCUT2D eigenvalue weighted by molar-refractivity contribution is 0.103. The van der Waals surface area contributed by atoms with Crippen molar-refractivity contribution < 1.29 is 4.79 Å². The molecule has 0 aliphatic rings. The molecule has 0 saturated carbocycles. The summed E-state index contributed by atoms with van der Waals surface area (Å²) in [5, 5.41) is 3.31. The van der Waals surface area contributed by atoms with Gasteiger partial charge in [-0.1, -0.05) is 72.3 Å². The second-order valence-corrected chi connectivity index (χ2v) is 19.0. The van der Waals surface area contributed by atoms with Crippen molar-refractivity contribution in [2.75, 3.05) is 0 Å². The average molecular weight is 1180 g/mol. The molecule has 14 heteroatoms. The largest absolute Gasteiger partial charge is 0.361 e. The van der Waals surface area contributed by atoms with E-state index < -0.39 is 0 Å². The van der Waals surface area contributed by atoms with Crippen LogP contribution in [-0.4, -0.2) is 34.9 Å². The van der Waals surface area contributed by atoms with Crippen LogP contribution in [0.15, 0.2) is 208 Å². The molecular weight excluding hydrogens is 1140 g/mol. The number of fused-ring (bicyclic) bond motifs is 4. The van der Waals surface area contributed by atoms with E-state index in [-0.39, 0.29) is 33.1 Å². The fourth-order valence-electron chi connectivity index (χ4n) is 7.82. The Morgan fingerprint density at radius 2 is 1.01 bits per heavy atom. The SMILES string of the molecule is Cc1cccc(Cn2cc(C(=O)c3ccc(Cl)cc3)c(=O)c3ccccc32)n1.Cc1cccc(Cn2cc(I)c(=O)c3ccccc32)n1.O=c1c(I)c[nH]c2ccccc12.O=c1cc[nH]c2ccccc12. The number of hydrogen-bond acceptors (Lipinski definition) is 7. The Hall–Kier alpha value is -7.34. The van der Waals surface area contributed by atoms with E-state index in [4.69, 9.17) is 11.6 Å². The number of ketones is 1. The second kappa shape index (κ2) is 23.1. The zero-order chi connectivity index (χ0) is 50.0. The van der Waals surface area contributed by atoms with Crippen LogP contribution < -0.4 is 21.7 Å². The molecule has 0 radical (unpaired) electrons. The van der Waals surface area contributed by atoms with Gasteiger partial charge in [-0.2, -0.15) is 0 Å². The van der Waals surface area contributed by atoms with Gasteiger partial charge in [0.2, 0.25) is 16.3 Å². The number of nitrogens with one attached hydrogen (secondary N) is 2. The van der Waals surface area contributed by atoms with Gasteiger partial charge >= 0.3 is 0 Å². The van der Waals surface area contributed by atoms with Crippen LogP contribution in [0.4, 0.5) is 0 Å². The van der Waals surface area contributed by atoms with Gasteiger partial charge in [0.15, 0.2) is 11.2 Å². The number of carbonyl (C=O) groups is 1. The van der Waals surface area contributed by atoms with E-state index in [0.717, 1.165) is 68.1 Å². The number of hydrogen-bond donors (Lipinski definition) is 2. The molecule has 5 aromatic carbocycles. The summed E-state index contributed by atoms with van der Waals surface area (Å²) >= 11 is 10.0. The molecule has 352 valence electrons. The zero-order valence-electron chi connectivity index (χ0n) is 38.3. The lowest BCUT2D eigenvalue weighted by atomic mass is 10.0. The van der Waals surface area contributed by atoms with E-state index >= 15 is 0 Å². The molecule has 0 fully saturated rings. The van der Waals surface area contributed by atoms with Gasteiger partial charge in [-0.3, -0.25) is 33.9 Å². The van der Waals surface area contributed by atoms with Gasteiger partial charge < -0.3 is 19.1 Å². The van der Waals surface area contributed by atoms with Crippen LogP contribution in [0.2, 0.25) is 5.02 Å². The van der Waals surface area contributed by atoms with Crippen LogP contribution in [0.5, 0.6) is 0 Å². The number of benzene rings is 5. The quantitative estimate of drug-likeness (QED) is 0.124. The maximum atomic E-state index is 13.0. The number of carbonyl (C=O) groups excluding carboxylic acids is 1. The summed E-state index contributed by atoms with van der Waals surface area (Å²) in [4.78, 5) is 75.9. The topological polar surface area (TPSA) is 153 Å². The highest BCUT2D eigenvalue weighted by Crippen LogP contribution is 2.19. The highest BCUT2D eigenvalue weighted by Gasteiger charge is 2.18. The third-order valence-electron chi connectivity index (χ3n) is 11.2. The summed E-state index contributed by atoms with van der Waals surface area (Å²) in [6.45, 7) is 5.04. The maximum absolute atomic E-state index is 13.0. The monoisotopic (exact) mass is 1180 g/mol. The van der Waals surface area contributed by atoms with Crippen molar-refractivity contribution in [3.63, 3.8) is 0 Å². The molecular formula is C57H43ClI2N6O5. The van der Waals surface area contributed by atoms with Crippen LogP contribution in [0.3, 0.4) is 0 Å². The summed E-state index contributed by atoms with van der Waals surface area (Å²) in [7, 11) is 0. The average Bonchev–Trinajstić information content (AvgIpc) is 3.38. The molecule has 6 heterocycles. The first kappa shape index (κ1) is 50.1. The number of H-pyrrole nitrogens is 2. The molecule has 0 atom stereocenters. The van der Waals surface area contributed by atoms with Crippen molar-refractivity contribution in [3.05, 3.63) is 276 Å². The number of aryl methyl sites for hydroxylation is 2. The van der Waals surface area contributed by atoms with Crippen LogP contribution in [-0.2, 0) is 13.1 Å². The van der Waals surface area contributed by atoms with Crippen LogP contribution in [0, 0.1) is 21.0 Å². The number of aromatic nitrogens is 6. The maximum Gasteiger partial charge on any atom is 0.202 e. The number of nitrogens with zero attached hydrogens (tertiary/aromatic N) is 4. The number of halogens is 3. The Kier molecular flexibility index (Phi) is 16.3. The zero-order valence-corrected chi connectivity index (χ0v) is 43.3. The third kappa shape index (κ3) is 12.2. The molecule has 2 N–H and O–H groups in total. The number of aromatic amines is 2. The molecule has 0 bridgehead atoms. The predicted octanol–water partition coefficient (Wildman–Crippen LogP) is 11.7. The Morgan fingerprint density at radius 1 is 0.521 bits per heavy atom. The normalized spacial score (nSPS) is 10.7. The molecule has 11 nitrogen and oxygen atoms in total. The Bertz CT molecular complexity index is 3980. The standard InChI is InChI=1S/C23H17ClN2O2.C16H13IN2O.C9H6INO.C9H7NO/c1-15-5-4-6-18(25-15)13-26-14-20(22(27)16-9-11-17(24)12-10-16)23(28)19-7-2-3-8-21(19)26;1-11-5-4-6-12(18-11)9-19-10-14(17)16(20)13-7-2-3-8-15(13)19;10-7-5-11-8-4-2-1-3-6(8)9(7)12;11-9-5-6-10-8-4-2-1-3-7(8)9/h2-12,14H,13H2,1H3;2-8,10H,9H2,1H3;1-5H,(H,11,12);1-6H,(H,10,11). The summed E-state index contributed by atoms with van der Waals surface area (Å²) in [6, 6.07) is 49.9. The Balaban J connectivity index is 0.000000136. The summed E-state index contributed by atoms with van der Waals surface area (Å²) < 4.78 is 5.45. The molecule has 0 unspecified atom stereocenters. The van der Waals surface area contributed by atoms with Crippen molar-refractivity contribution >= 4 is 106 Å². The molecule has 11 rings (SSSR count). The summed E-state index contributed by atoms with van der Waals surface area (Å²) in [6.07, 6.45) is 6.91. The number of para-hydroxylation sites is 4. The first-order chi connectivity index (χ1) is 34.3. The van der Waals surface area contributed by atoms with E-state index in [1.54, 1.807) is 55.0 Å². The smallest absolute Gasteiger partial charge is 0.202 e. The van der Waals surface area contributed by atoms with Crippen LogP contribution >= 0.6 is 56.8 Å². The minimum Gasteiger partial charge on any atom is -0.361 e. The molecule has 0 aliphatic heterocycles. The van der Waals surface area contributed by atoms with Crippen LogP contribution in [0.1, 0.15) is 38.7 Å². The van der Waals surface area contributed by atoms with Gasteiger partial charge in [-0.25, -0.2) is 0 Å². The van der Waals surface area contributed by atoms with Gasteiger partial charge in [0, 0.05) is 85.4 Å². The van der Waals surface area contributed by atoms with E-state index in [2.05, 4.69) is 47.1 Å². The minimum atomic E-state index is -0.321. The van der Waals surface area contributed by atoms with E-state index in [1.807, 2.05) is 169 Å². The van der Waals surface area contributed by atoms with Crippen molar-refractivity contribution in [2.24, 2.45) is 0 Å². The van der Waals surface area contributed by atoms with Gasteiger partial charge in [-0.05, 0) is 156 Å². The Morgan fingerprint density at radius 3 is 1.59 bits per heavy atom. The number of pyridine rings is 6. The highest BCUT2D eigenvalue weighted by atomic mass is 127.